The van der Waals surface area contributed by atoms with Crippen LogP contribution in [0.2, 0.25) is 0 Å². The largest absolute Gasteiger partial charge is 0.382 e. The molecule has 0 atom stereocenters. The van der Waals surface area contributed by atoms with Crippen LogP contribution in [-0.4, -0.2) is 25.5 Å². The van der Waals surface area contributed by atoms with Crippen molar-refractivity contribution in [2.45, 2.75) is 27.2 Å². The van der Waals surface area contributed by atoms with Gasteiger partial charge >= 0.3 is 0 Å². The van der Waals surface area contributed by atoms with Gasteiger partial charge in [-0.15, -0.1) is 0 Å². The molecule has 25 heavy (non-hydrogen) atoms. The highest BCUT2D eigenvalue weighted by Gasteiger charge is 2.08. The van der Waals surface area contributed by atoms with Gasteiger partial charge in [-0.2, -0.15) is 0 Å². The van der Waals surface area contributed by atoms with Gasteiger partial charge in [-0.3, -0.25) is 4.79 Å². The highest BCUT2D eigenvalue weighted by Crippen LogP contribution is 2.22. The number of carbonyl (C=O) groups is 1. The maximum Gasteiger partial charge on any atom is 0.226 e. The number of benzene rings is 2. The number of amides is 1. The van der Waals surface area contributed by atoms with Gasteiger partial charge in [0.25, 0.3) is 0 Å². The molecule has 5 heteroatoms. The van der Waals surface area contributed by atoms with Gasteiger partial charge in [-0.25, -0.2) is 4.39 Å². The van der Waals surface area contributed by atoms with Crippen molar-refractivity contribution in [2.75, 3.05) is 35.2 Å². The topological polar surface area (TPSA) is 44.4 Å². The molecule has 0 aromatic heterocycles. The summed E-state index contributed by atoms with van der Waals surface area (Å²) in [5, 5.41) is 5.86. The molecule has 1 amide bonds. The molecule has 2 aromatic rings. The van der Waals surface area contributed by atoms with E-state index in [1.165, 1.54) is 6.07 Å². The zero-order valence-corrected chi connectivity index (χ0v) is 15.1. The molecule has 2 aromatic carbocycles. The van der Waals surface area contributed by atoms with E-state index in [-0.39, 0.29) is 18.1 Å². The number of carbonyl (C=O) groups excluding carboxylic acids is 1. The number of nitrogens with one attached hydrogen (secondary N) is 2. The molecule has 2 N–H and O–H groups in total. The van der Waals surface area contributed by atoms with E-state index in [1.807, 2.05) is 19.1 Å². The molecule has 0 saturated heterocycles. The van der Waals surface area contributed by atoms with Gasteiger partial charge in [0.15, 0.2) is 0 Å². The number of anilines is 3. The lowest BCUT2D eigenvalue weighted by molar-refractivity contribution is -0.115. The fourth-order valence-electron chi connectivity index (χ4n) is 2.70. The molecule has 0 unspecified atom stereocenters. The van der Waals surface area contributed by atoms with E-state index in [0.29, 0.717) is 12.2 Å². The van der Waals surface area contributed by atoms with Crippen LogP contribution in [-0.2, 0) is 4.79 Å². The fourth-order valence-corrected chi connectivity index (χ4v) is 2.70. The molecule has 0 radical (unpaired) electrons. The third kappa shape index (κ3) is 5.21. The van der Waals surface area contributed by atoms with Crippen molar-refractivity contribution in [1.29, 1.82) is 0 Å². The number of para-hydroxylation sites is 1. The third-order valence-electron chi connectivity index (χ3n) is 4.15. The van der Waals surface area contributed by atoms with Crippen molar-refractivity contribution in [1.82, 2.24) is 0 Å². The summed E-state index contributed by atoms with van der Waals surface area (Å²) in [5.41, 5.74) is 3.41. The first kappa shape index (κ1) is 18.8. The molecule has 0 spiro atoms. The van der Waals surface area contributed by atoms with Crippen molar-refractivity contribution >= 4 is 23.0 Å². The summed E-state index contributed by atoms with van der Waals surface area (Å²) in [4.78, 5) is 14.4. The Bertz CT molecular complexity index is 714. The summed E-state index contributed by atoms with van der Waals surface area (Å²) >= 11 is 0. The lowest BCUT2D eigenvalue weighted by Gasteiger charge is -2.22. The van der Waals surface area contributed by atoms with E-state index in [4.69, 9.17) is 0 Å². The van der Waals surface area contributed by atoms with Gasteiger partial charge in [0.1, 0.15) is 5.82 Å². The predicted molar refractivity (Wildman–Crippen MR) is 103 cm³/mol. The van der Waals surface area contributed by atoms with E-state index in [2.05, 4.69) is 35.4 Å². The van der Waals surface area contributed by atoms with Crippen LogP contribution in [0.15, 0.2) is 42.5 Å². The fraction of sp³-hybridized carbons (Fsp3) is 0.350. The van der Waals surface area contributed by atoms with Gasteiger partial charge < -0.3 is 15.5 Å². The van der Waals surface area contributed by atoms with Crippen LogP contribution >= 0.6 is 0 Å². The Hall–Kier alpha value is -2.56. The first-order chi connectivity index (χ1) is 12.0. The van der Waals surface area contributed by atoms with Gasteiger partial charge in [0.2, 0.25) is 5.91 Å². The SMILES string of the molecule is CCN(CC)c1ccc(NC(=O)CCNc2ccccc2F)c(C)c1. The van der Waals surface area contributed by atoms with Crippen molar-refractivity contribution in [2.24, 2.45) is 0 Å². The molecule has 134 valence electrons. The Balaban J connectivity index is 1.89. The van der Waals surface area contributed by atoms with E-state index in [0.717, 1.165) is 30.0 Å². The van der Waals surface area contributed by atoms with Crippen LogP contribution in [0.1, 0.15) is 25.8 Å². The maximum atomic E-state index is 13.5. The average molecular weight is 343 g/mol. The molecular weight excluding hydrogens is 317 g/mol. The van der Waals surface area contributed by atoms with Crippen molar-refractivity contribution in [3.8, 4) is 0 Å². The average Bonchev–Trinajstić information content (AvgIpc) is 2.60. The lowest BCUT2D eigenvalue weighted by Crippen LogP contribution is -2.22. The second kappa shape index (κ2) is 9.06. The molecular formula is C20H26FN3O. The van der Waals surface area contributed by atoms with Crippen LogP contribution in [0, 0.1) is 12.7 Å². The number of halogens is 1. The van der Waals surface area contributed by atoms with E-state index < -0.39 is 0 Å². The Morgan fingerprint density at radius 1 is 1.08 bits per heavy atom. The van der Waals surface area contributed by atoms with Crippen LogP contribution in [0.5, 0.6) is 0 Å². The number of aryl methyl sites for hydroxylation is 1. The van der Waals surface area contributed by atoms with E-state index in [1.54, 1.807) is 18.2 Å². The van der Waals surface area contributed by atoms with Crippen molar-refractivity contribution in [3.05, 3.63) is 53.8 Å². The van der Waals surface area contributed by atoms with Gasteiger partial charge in [0, 0.05) is 37.4 Å². The minimum atomic E-state index is -0.314. The van der Waals surface area contributed by atoms with Crippen LogP contribution in [0.4, 0.5) is 21.5 Å². The van der Waals surface area contributed by atoms with Gasteiger partial charge in [0.05, 0.1) is 5.69 Å². The highest BCUT2D eigenvalue weighted by molar-refractivity contribution is 5.92. The summed E-state index contributed by atoms with van der Waals surface area (Å²) in [5.74, 6) is -0.409. The Labute approximate surface area is 149 Å². The summed E-state index contributed by atoms with van der Waals surface area (Å²) in [7, 11) is 0. The Morgan fingerprint density at radius 3 is 2.44 bits per heavy atom. The minimum Gasteiger partial charge on any atom is -0.382 e. The van der Waals surface area contributed by atoms with E-state index in [9.17, 15) is 9.18 Å². The van der Waals surface area contributed by atoms with Crippen molar-refractivity contribution in [3.63, 3.8) is 0 Å². The zero-order valence-electron chi connectivity index (χ0n) is 15.1. The zero-order chi connectivity index (χ0) is 18.2. The van der Waals surface area contributed by atoms with E-state index >= 15 is 0 Å². The van der Waals surface area contributed by atoms with Crippen LogP contribution in [0.3, 0.4) is 0 Å². The minimum absolute atomic E-state index is 0.0949. The highest BCUT2D eigenvalue weighted by atomic mass is 19.1. The summed E-state index contributed by atoms with van der Waals surface area (Å²) in [6, 6.07) is 12.5. The molecule has 0 aliphatic carbocycles. The Kier molecular flexibility index (Phi) is 6.81. The number of hydrogen-bond acceptors (Lipinski definition) is 3. The van der Waals surface area contributed by atoms with Gasteiger partial charge in [-0.05, 0) is 56.7 Å². The van der Waals surface area contributed by atoms with Crippen LogP contribution in [0.25, 0.3) is 0 Å². The molecule has 0 bridgehead atoms. The maximum absolute atomic E-state index is 13.5. The molecule has 0 aliphatic rings. The van der Waals surface area contributed by atoms with Crippen molar-refractivity contribution < 1.29 is 9.18 Å². The van der Waals surface area contributed by atoms with Gasteiger partial charge in [-0.1, -0.05) is 12.1 Å². The summed E-state index contributed by atoms with van der Waals surface area (Å²) < 4.78 is 13.5. The lowest BCUT2D eigenvalue weighted by atomic mass is 10.1. The van der Waals surface area contributed by atoms with Crippen LogP contribution < -0.4 is 15.5 Å². The molecule has 2 rings (SSSR count). The molecule has 4 nitrogen and oxygen atoms in total. The predicted octanol–water partition coefficient (Wildman–Crippen LogP) is 4.42. The molecule has 0 aliphatic heterocycles. The first-order valence-corrected chi connectivity index (χ1v) is 8.69. The monoisotopic (exact) mass is 343 g/mol. The molecule has 0 heterocycles. The third-order valence-corrected chi connectivity index (χ3v) is 4.15. The quantitative estimate of drug-likeness (QED) is 0.746. The smallest absolute Gasteiger partial charge is 0.226 e. The Morgan fingerprint density at radius 2 is 1.80 bits per heavy atom. The second-order valence-electron chi connectivity index (χ2n) is 5.88. The number of rotatable bonds is 8. The molecule has 0 fully saturated rings. The normalized spacial score (nSPS) is 10.4. The summed E-state index contributed by atoms with van der Waals surface area (Å²) in [6.07, 6.45) is 0.269. The molecule has 0 saturated carbocycles. The number of hydrogen-bond donors (Lipinski definition) is 2. The first-order valence-electron chi connectivity index (χ1n) is 8.69. The standard InChI is InChI=1S/C20H26FN3O/c1-4-24(5-2)16-10-11-18(15(3)14-16)23-20(25)12-13-22-19-9-7-6-8-17(19)21/h6-11,14,22H,4-5,12-13H2,1-3H3,(H,23,25). The second-order valence-corrected chi connectivity index (χ2v) is 5.88. The number of nitrogens with zero attached hydrogens (tertiary/aromatic N) is 1. The summed E-state index contributed by atoms with van der Waals surface area (Å²) in [6.45, 7) is 8.50.